The van der Waals surface area contributed by atoms with Gasteiger partial charge in [0.25, 0.3) is 0 Å². The SMILES string of the molecule is CN(c1cccc(F)c1)C(CN)c1ccc2c(c1)CCO2. The van der Waals surface area contributed by atoms with Crippen molar-refractivity contribution >= 4 is 5.69 Å². The lowest BCUT2D eigenvalue weighted by Gasteiger charge is -2.29. The number of halogens is 1. The van der Waals surface area contributed by atoms with Crippen molar-refractivity contribution in [3.05, 3.63) is 59.4 Å². The molecule has 0 bridgehead atoms. The van der Waals surface area contributed by atoms with Gasteiger partial charge in [0.05, 0.1) is 12.6 Å². The van der Waals surface area contributed by atoms with Gasteiger partial charge in [0, 0.05) is 25.7 Å². The highest BCUT2D eigenvalue weighted by molar-refractivity contribution is 5.50. The molecule has 1 aliphatic heterocycles. The monoisotopic (exact) mass is 286 g/mol. The zero-order chi connectivity index (χ0) is 14.8. The molecule has 0 aliphatic carbocycles. The van der Waals surface area contributed by atoms with E-state index in [4.69, 9.17) is 10.5 Å². The molecule has 4 heteroatoms. The standard InChI is InChI=1S/C17H19FN2O/c1-20(15-4-2-3-14(18)10-15)16(11-19)12-5-6-17-13(9-12)7-8-21-17/h2-6,9-10,16H,7-8,11,19H2,1H3. The molecule has 1 heterocycles. The maximum atomic E-state index is 13.4. The summed E-state index contributed by atoms with van der Waals surface area (Å²) in [5.41, 5.74) is 9.13. The van der Waals surface area contributed by atoms with Gasteiger partial charge >= 0.3 is 0 Å². The van der Waals surface area contributed by atoms with E-state index in [0.717, 1.165) is 30.0 Å². The molecule has 110 valence electrons. The molecule has 1 aliphatic rings. The fourth-order valence-corrected chi connectivity index (χ4v) is 2.81. The van der Waals surface area contributed by atoms with Crippen LogP contribution >= 0.6 is 0 Å². The molecule has 0 amide bonds. The minimum Gasteiger partial charge on any atom is -0.493 e. The summed E-state index contributed by atoms with van der Waals surface area (Å²) in [5, 5.41) is 0. The Morgan fingerprint density at radius 2 is 2.14 bits per heavy atom. The maximum absolute atomic E-state index is 13.4. The van der Waals surface area contributed by atoms with Crippen LogP contribution in [0.5, 0.6) is 5.75 Å². The van der Waals surface area contributed by atoms with Gasteiger partial charge in [-0.25, -0.2) is 4.39 Å². The first kappa shape index (κ1) is 13.9. The number of ether oxygens (including phenoxy) is 1. The van der Waals surface area contributed by atoms with Crippen molar-refractivity contribution in [2.45, 2.75) is 12.5 Å². The van der Waals surface area contributed by atoms with E-state index in [9.17, 15) is 4.39 Å². The maximum Gasteiger partial charge on any atom is 0.125 e. The van der Waals surface area contributed by atoms with E-state index in [0.29, 0.717) is 6.54 Å². The normalized spacial score (nSPS) is 14.4. The first-order chi connectivity index (χ1) is 10.2. The molecule has 0 fully saturated rings. The first-order valence-electron chi connectivity index (χ1n) is 7.13. The minimum absolute atomic E-state index is 0.0118. The van der Waals surface area contributed by atoms with Gasteiger partial charge in [-0.3, -0.25) is 0 Å². The molecule has 3 nitrogen and oxygen atoms in total. The van der Waals surface area contributed by atoms with Crippen LogP contribution < -0.4 is 15.4 Å². The van der Waals surface area contributed by atoms with Gasteiger partial charge < -0.3 is 15.4 Å². The third-order valence-electron chi connectivity index (χ3n) is 4.00. The Kier molecular flexibility index (Phi) is 3.80. The summed E-state index contributed by atoms with van der Waals surface area (Å²) in [6.45, 7) is 1.21. The molecule has 1 unspecified atom stereocenters. The number of hydrogen-bond acceptors (Lipinski definition) is 3. The average molecular weight is 286 g/mol. The molecular weight excluding hydrogens is 267 g/mol. The fourth-order valence-electron chi connectivity index (χ4n) is 2.81. The first-order valence-corrected chi connectivity index (χ1v) is 7.13. The number of likely N-dealkylation sites (N-methyl/N-ethyl adjacent to an activating group) is 1. The second-order valence-electron chi connectivity index (χ2n) is 5.31. The van der Waals surface area contributed by atoms with E-state index in [1.165, 1.54) is 17.7 Å². The highest BCUT2D eigenvalue weighted by atomic mass is 19.1. The largest absolute Gasteiger partial charge is 0.493 e. The number of anilines is 1. The third-order valence-corrected chi connectivity index (χ3v) is 4.00. The lowest BCUT2D eigenvalue weighted by molar-refractivity contribution is 0.357. The van der Waals surface area contributed by atoms with Gasteiger partial charge in [0.15, 0.2) is 0 Å². The minimum atomic E-state index is -0.238. The summed E-state index contributed by atoms with van der Waals surface area (Å²) >= 11 is 0. The highest BCUT2D eigenvalue weighted by Gasteiger charge is 2.19. The Hall–Kier alpha value is -2.07. The van der Waals surface area contributed by atoms with Gasteiger partial charge in [-0.05, 0) is 41.5 Å². The summed E-state index contributed by atoms with van der Waals surface area (Å²) in [6, 6.07) is 12.8. The summed E-state index contributed by atoms with van der Waals surface area (Å²) in [6.07, 6.45) is 0.935. The smallest absolute Gasteiger partial charge is 0.125 e. The van der Waals surface area contributed by atoms with Gasteiger partial charge in [0.2, 0.25) is 0 Å². The van der Waals surface area contributed by atoms with Crippen LogP contribution in [0, 0.1) is 5.82 Å². The van der Waals surface area contributed by atoms with Gasteiger partial charge in [0.1, 0.15) is 11.6 Å². The summed E-state index contributed by atoms with van der Waals surface area (Å²) in [4.78, 5) is 2.01. The number of fused-ring (bicyclic) bond motifs is 1. The van der Waals surface area contributed by atoms with Crippen molar-refractivity contribution < 1.29 is 9.13 Å². The van der Waals surface area contributed by atoms with E-state index in [-0.39, 0.29) is 11.9 Å². The second-order valence-corrected chi connectivity index (χ2v) is 5.31. The van der Waals surface area contributed by atoms with Gasteiger partial charge in [-0.15, -0.1) is 0 Å². The van der Waals surface area contributed by atoms with Crippen LogP contribution in [-0.4, -0.2) is 20.2 Å². The third kappa shape index (κ3) is 2.72. The van der Waals surface area contributed by atoms with Crippen molar-refractivity contribution in [1.82, 2.24) is 0 Å². The van der Waals surface area contributed by atoms with Crippen LogP contribution in [-0.2, 0) is 6.42 Å². The van der Waals surface area contributed by atoms with Crippen LogP contribution in [0.15, 0.2) is 42.5 Å². The Morgan fingerprint density at radius 1 is 1.29 bits per heavy atom. The van der Waals surface area contributed by atoms with E-state index in [2.05, 4.69) is 6.07 Å². The Bertz CT molecular complexity index is 644. The van der Waals surface area contributed by atoms with Crippen LogP contribution in [0.25, 0.3) is 0 Å². The van der Waals surface area contributed by atoms with Crippen molar-refractivity contribution in [2.24, 2.45) is 5.73 Å². The summed E-state index contributed by atoms with van der Waals surface area (Å²) < 4.78 is 18.9. The van der Waals surface area contributed by atoms with Crippen molar-refractivity contribution in [3.8, 4) is 5.75 Å². The molecule has 21 heavy (non-hydrogen) atoms. The lowest BCUT2D eigenvalue weighted by atomic mass is 10.0. The van der Waals surface area contributed by atoms with Crippen LogP contribution in [0.1, 0.15) is 17.2 Å². The Morgan fingerprint density at radius 3 is 2.90 bits per heavy atom. The molecule has 2 aromatic carbocycles. The molecule has 3 rings (SSSR count). The number of nitrogens with two attached hydrogens (primary N) is 1. The zero-order valence-corrected chi connectivity index (χ0v) is 12.1. The highest BCUT2D eigenvalue weighted by Crippen LogP contribution is 2.31. The van der Waals surface area contributed by atoms with Crippen LogP contribution in [0.3, 0.4) is 0 Å². The molecule has 0 spiro atoms. The molecular formula is C17H19FN2O. The number of nitrogens with zero attached hydrogens (tertiary/aromatic N) is 1. The predicted octanol–water partition coefficient (Wildman–Crippen LogP) is 2.90. The van der Waals surface area contributed by atoms with Crippen molar-refractivity contribution in [2.75, 3.05) is 25.1 Å². The zero-order valence-electron chi connectivity index (χ0n) is 12.1. The molecule has 2 N–H and O–H groups in total. The van der Waals surface area contributed by atoms with E-state index in [1.807, 2.05) is 30.1 Å². The number of benzene rings is 2. The average Bonchev–Trinajstić information content (AvgIpc) is 2.95. The lowest BCUT2D eigenvalue weighted by Crippen LogP contribution is -2.30. The quantitative estimate of drug-likeness (QED) is 0.939. The second kappa shape index (κ2) is 5.74. The molecule has 0 aromatic heterocycles. The summed E-state index contributed by atoms with van der Waals surface area (Å²) in [5.74, 6) is 0.723. The number of hydrogen-bond donors (Lipinski definition) is 1. The topological polar surface area (TPSA) is 38.5 Å². The molecule has 0 radical (unpaired) electrons. The van der Waals surface area contributed by atoms with E-state index >= 15 is 0 Å². The van der Waals surface area contributed by atoms with Crippen LogP contribution in [0.2, 0.25) is 0 Å². The van der Waals surface area contributed by atoms with Crippen molar-refractivity contribution in [1.29, 1.82) is 0 Å². The molecule has 1 atom stereocenters. The fraction of sp³-hybridized carbons (Fsp3) is 0.294. The van der Waals surface area contributed by atoms with E-state index < -0.39 is 0 Å². The Balaban J connectivity index is 1.91. The molecule has 0 saturated carbocycles. The predicted molar refractivity (Wildman–Crippen MR) is 82.2 cm³/mol. The molecule has 2 aromatic rings. The summed E-state index contributed by atoms with van der Waals surface area (Å²) in [7, 11) is 1.94. The van der Waals surface area contributed by atoms with E-state index in [1.54, 1.807) is 6.07 Å². The number of rotatable bonds is 4. The van der Waals surface area contributed by atoms with Gasteiger partial charge in [-0.2, -0.15) is 0 Å². The van der Waals surface area contributed by atoms with Crippen LogP contribution in [0.4, 0.5) is 10.1 Å². The van der Waals surface area contributed by atoms with Crippen molar-refractivity contribution in [3.63, 3.8) is 0 Å². The Labute approximate surface area is 124 Å². The van der Waals surface area contributed by atoms with Gasteiger partial charge in [-0.1, -0.05) is 12.1 Å². The molecule has 0 saturated heterocycles.